The molecular formula is C9H9BrF3N. The van der Waals surface area contributed by atoms with Crippen LogP contribution >= 0.6 is 15.9 Å². The van der Waals surface area contributed by atoms with E-state index in [0.717, 1.165) is 5.56 Å². The van der Waals surface area contributed by atoms with Gasteiger partial charge in [-0.2, -0.15) is 13.2 Å². The second-order valence-electron chi connectivity index (χ2n) is 2.98. The average molecular weight is 268 g/mol. The van der Waals surface area contributed by atoms with Gasteiger partial charge in [0.2, 0.25) is 0 Å². The molecule has 0 aromatic heterocycles. The summed E-state index contributed by atoms with van der Waals surface area (Å²) in [6, 6.07) is 2.88. The van der Waals surface area contributed by atoms with Gasteiger partial charge < -0.3 is 5.73 Å². The maximum atomic E-state index is 12.5. The van der Waals surface area contributed by atoms with Gasteiger partial charge in [0.15, 0.2) is 0 Å². The number of benzene rings is 1. The fraction of sp³-hybridized carbons (Fsp3) is 0.333. The molecule has 0 saturated heterocycles. The summed E-state index contributed by atoms with van der Waals surface area (Å²) in [5.74, 6) is 0. The van der Waals surface area contributed by atoms with Crippen LogP contribution in [0.1, 0.15) is 16.7 Å². The number of rotatable bonds is 1. The van der Waals surface area contributed by atoms with Crippen molar-refractivity contribution in [1.29, 1.82) is 0 Å². The average Bonchev–Trinajstić information content (AvgIpc) is 1.99. The first-order valence-corrected chi connectivity index (χ1v) is 4.72. The number of alkyl halides is 3. The van der Waals surface area contributed by atoms with Crippen molar-refractivity contribution in [3.05, 3.63) is 33.3 Å². The van der Waals surface area contributed by atoms with Gasteiger partial charge in [-0.3, -0.25) is 0 Å². The molecule has 0 heterocycles. The minimum absolute atomic E-state index is 0.0467. The third-order valence-electron chi connectivity index (χ3n) is 1.82. The predicted octanol–water partition coefficient (Wildman–Crippen LogP) is 3.24. The van der Waals surface area contributed by atoms with Gasteiger partial charge in [0, 0.05) is 11.0 Å². The molecule has 1 rings (SSSR count). The molecule has 0 amide bonds. The number of nitrogens with two attached hydrogens (primary N) is 1. The van der Waals surface area contributed by atoms with Gasteiger partial charge in [0.1, 0.15) is 0 Å². The lowest BCUT2D eigenvalue weighted by molar-refractivity contribution is -0.138. The van der Waals surface area contributed by atoms with Crippen LogP contribution in [0.5, 0.6) is 0 Å². The van der Waals surface area contributed by atoms with E-state index in [1.165, 1.54) is 12.1 Å². The quantitative estimate of drug-likeness (QED) is 0.831. The summed E-state index contributed by atoms with van der Waals surface area (Å²) in [5.41, 5.74) is 5.46. The lowest BCUT2D eigenvalue weighted by Crippen LogP contribution is -2.13. The molecule has 1 aromatic rings. The van der Waals surface area contributed by atoms with E-state index >= 15 is 0 Å². The van der Waals surface area contributed by atoms with E-state index in [2.05, 4.69) is 15.9 Å². The van der Waals surface area contributed by atoms with Crippen LogP contribution in [0.15, 0.2) is 16.6 Å². The van der Waals surface area contributed by atoms with Gasteiger partial charge in [-0.25, -0.2) is 0 Å². The highest BCUT2D eigenvalue weighted by Crippen LogP contribution is 2.37. The lowest BCUT2D eigenvalue weighted by atomic mass is 10.0. The van der Waals surface area contributed by atoms with Gasteiger partial charge >= 0.3 is 6.18 Å². The SMILES string of the molecule is Cc1cc(Br)c(C(F)(F)F)c(CN)c1. The molecule has 78 valence electrons. The Morgan fingerprint density at radius 3 is 2.36 bits per heavy atom. The smallest absolute Gasteiger partial charge is 0.326 e. The number of hydrogen-bond donors (Lipinski definition) is 1. The molecule has 0 saturated carbocycles. The van der Waals surface area contributed by atoms with Gasteiger partial charge in [-0.15, -0.1) is 0 Å². The van der Waals surface area contributed by atoms with E-state index in [0.29, 0.717) is 0 Å². The molecule has 0 radical (unpaired) electrons. The highest BCUT2D eigenvalue weighted by atomic mass is 79.9. The Morgan fingerprint density at radius 1 is 1.36 bits per heavy atom. The Hall–Kier alpha value is -0.550. The molecule has 5 heteroatoms. The van der Waals surface area contributed by atoms with Gasteiger partial charge in [-0.1, -0.05) is 22.0 Å². The van der Waals surface area contributed by atoms with Crippen LogP contribution < -0.4 is 5.73 Å². The first kappa shape index (κ1) is 11.5. The third kappa shape index (κ3) is 2.27. The summed E-state index contributed by atoms with van der Waals surface area (Å²) in [4.78, 5) is 0. The molecule has 0 fully saturated rings. The predicted molar refractivity (Wildman–Crippen MR) is 51.8 cm³/mol. The molecule has 1 aromatic carbocycles. The van der Waals surface area contributed by atoms with Gasteiger partial charge in [0.25, 0.3) is 0 Å². The standard InChI is InChI=1S/C9H9BrF3N/c1-5-2-6(4-14)8(7(10)3-5)9(11,12)13/h2-3H,4,14H2,1H3. The second-order valence-corrected chi connectivity index (χ2v) is 3.84. The molecule has 0 spiro atoms. The van der Waals surface area contributed by atoms with Crippen LogP contribution in [-0.4, -0.2) is 0 Å². The van der Waals surface area contributed by atoms with E-state index in [1.807, 2.05) is 0 Å². The summed E-state index contributed by atoms with van der Waals surface area (Å²) in [6.07, 6.45) is -4.36. The molecular weight excluding hydrogens is 259 g/mol. The number of halogens is 4. The Kier molecular flexibility index (Phi) is 3.21. The zero-order chi connectivity index (χ0) is 10.9. The summed E-state index contributed by atoms with van der Waals surface area (Å²) in [7, 11) is 0. The fourth-order valence-corrected chi connectivity index (χ4v) is 2.13. The summed E-state index contributed by atoms with van der Waals surface area (Å²) >= 11 is 2.90. The number of hydrogen-bond acceptors (Lipinski definition) is 1. The van der Waals surface area contributed by atoms with Crippen LogP contribution in [0.3, 0.4) is 0 Å². The molecule has 0 aliphatic rings. The molecule has 1 nitrogen and oxygen atoms in total. The Bertz CT molecular complexity index is 347. The molecule has 2 N–H and O–H groups in total. The van der Waals surface area contributed by atoms with Crippen LogP contribution in [0.4, 0.5) is 13.2 Å². The van der Waals surface area contributed by atoms with Gasteiger partial charge in [-0.05, 0) is 24.1 Å². The molecule has 0 aliphatic carbocycles. The van der Waals surface area contributed by atoms with Crippen molar-refractivity contribution in [3.63, 3.8) is 0 Å². The monoisotopic (exact) mass is 267 g/mol. The Balaban J connectivity index is 3.40. The maximum absolute atomic E-state index is 12.5. The Labute approximate surface area is 88.2 Å². The van der Waals surface area contributed by atoms with Crippen molar-refractivity contribution in [3.8, 4) is 0 Å². The first-order valence-electron chi connectivity index (χ1n) is 3.92. The Morgan fingerprint density at radius 2 is 1.93 bits per heavy atom. The molecule has 0 bridgehead atoms. The zero-order valence-corrected chi connectivity index (χ0v) is 9.04. The van der Waals surface area contributed by atoms with Crippen LogP contribution in [0.25, 0.3) is 0 Å². The highest BCUT2D eigenvalue weighted by molar-refractivity contribution is 9.10. The van der Waals surface area contributed by atoms with E-state index in [9.17, 15) is 13.2 Å². The molecule has 14 heavy (non-hydrogen) atoms. The first-order chi connectivity index (χ1) is 6.36. The maximum Gasteiger partial charge on any atom is 0.417 e. The normalized spacial score (nSPS) is 11.9. The molecule has 0 atom stereocenters. The van der Waals surface area contributed by atoms with Crippen molar-refractivity contribution in [1.82, 2.24) is 0 Å². The second kappa shape index (κ2) is 3.90. The van der Waals surface area contributed by atoms with E-state index in [1.54, 1.807) is 6.92 Å². The third-order valence-corrected chi connectivity index (χ3v) is 2.45. The van der Waals surface area contributed by atoms with Crippen molar-refractivity contribution in [2.45, 2.75) is 19.6 Å². The minimum Gasteiger partial charge on any atom is -0.326 e. The zero-order valence-electron chi connectivity index (χ0n) is 7.45. The summed E-state index contributed by atoms with van der Waals surface area (Å²) < 4.78 is 37.7. The summed E-state index contributed by atoms with van der Waals surface area (Å²) in [5, 5.41) is 0. The molecule has 0 aliphatic heterocycles. The van der Waals surface area contributed by atoms with E-state index in [-0.39, 0.29) is 16.6 Å². The van der Waals surface area contributed by atoms with Crippen molar-refractivity contribution < 1.29 is 13.2 Å². The van der Waals surface area contributed by atoms with Crippen LogP contribution in [0, 0.1) is 6.92 Å². The van der Waals surface area contributed by atoms with Crippen molar-refractivity contribution in [2.75, 3.05) is 0 Å². The lowest BCUT2D eigenvalue weighted by Gasteiger charge is -2.14. The van der Waals surface area contributed by atoms with Gasteiger partial charge in [0.05, 0.1) is 5.56 Å². The minimum atomic E-state index is -4.36. The highest BCUT2D eigenvalue weighted by Gasteiger charge is 2.35. The van der Waals surface area contributed by atoms with Crippen molar-refractivity contribution >= 4 is 15.9 Å². The molecule has 0 unspecified atom stereocenters. The fourth-order valence-electron chi connectivity index (χ4n) is 1.29. The topological polar surface area (TPSA) is 26.0 Å². The van der Waals surface area contributed by atoms with E-state index in [4.69, 9.17) is 5.73 Å². The summed E-state index contributed by atoms with van der Waals surface area (Å²) in [6.45, 7) is 1.61. The van der Waals surface area contributed by atoms with E-state index < -0.39 is 11.7 Å². The van der Waals surface area contributed by atoms with Crippen molar-refractivity contribution in [2.24, 2.45) is 5.73 Å². The van der Waals surface area contributed by atoms with Crippen LogP contribution in [-0.2, 0) is 12.7 Å². The largest absolute Gasteiger partial charge is 0.417 e. The van der Waals surface area contributed by atoms with Crippen LogP contribution in [0.2, 0.25) is 0 Å². The number of aryl methyl sites for hydroxylation is 1.